The number of carboxylic acid groups (broad SMARTS) is 1. The van der Waals surface area contributed by atoms with Crippen LogP contribution in [-0.4, -0.2) is 29.1 Å². The van der Waals surface area contributed by atoms with Gasteiger partial charge < -0.3 is 15.2 Å². The predicted octanol–water partition coefficient (Wildman–Crippen LogP) is 2.31. The summed E-state index contributed by atoms with van der Waals surface area (Å²) in [5, 5.41) is 12.4. The number of aliphatic carboxylic acids is 1. The fourth-order valence-corrected chi connectivity index (χ4v) is 3.49. The molecule has 1 saturated carbocycles. The van der Waals surface area contributed by atoms with Crippen LogP contribution in [0.4, 0.5) is 0 Å². The summed E-state index contributed by atoms with van der Waals surface area (Å²) in [6.07, 6.45) is 3.76. The van der Waals surface area contributed by atoms with E-state index in [-0.39, 0.29) is 12.3 Å². The maximum atomic E-state index is 12.4. The first kappa shape index (κ1) is 15.8. The van der Waals surface area contributed by atoms with Crippen molar-refractivity contribution >= 4 is 11.9 Å². The molecule has 2 N–H and O–H groups in total. The normalized spacial score (nSPS) is 26.2. The largest absolute Gasteiger partial charge is 0.493 e. The van der Waals surface area contributed by atoms with E-state index in [2.05, 4.69) is 12.2 Å². The highest BCUT2D eigenvalue weighted by Gasteiger charge is 2.42. The molecular weight excluding hydrogens is 294 g/mol. The zero-order valence-corrected chi connectivity index (χ0v) is 13.4. The van der Waals surface area contributed by atoms with Crippen LogP contribution in [0.1, 0.15) is 43.7 Å². The van der Waals surface area contributed by atoms with E-state index < -0.39 is 11.5 Å². The van der Waals surface area contributed by atoms with E-state index >= 15 is 0 Å². The van der Waals surface area contributed by atoms with Gasteiger partial charge in [0.2, 0.25) is 5.91 Å². The molecule has 3 rings (SSSR count). The zero-order valence-electron chi connectivity index (χ0n) is 13.4. The highest BCUT2D eigenvalue weighted by molar-refractivity contribution is 5.88. The number of fused-ring (bicyclic) bond motifs is 1. The first-order valence-corrected chi connectivity index (χ1v) is 8.27. The van der Waals surface area contributed by atoms with E-state index in [9.17, 15) is 14.7 Å². The number of nitrogens with one attached hydrogen (secondary N) is 1. The van der Waals surface area contributed by atoms with Crippen molar-refractivity contribution in [1.29, 1.82) is 0 Å². The number of hydrogen-bond donors (Lipinski definition) is 2. The lowest BCUT2D eigenvalue weighted by molar-refractivity contribution is -0.149. The van der Waals surface area contributed by atoms with E-state index in [0.717, 1.165) is 36.1 Å². The van der Waals surface area contributed by atoms with Gasteiger partial charge in [0.25, 0.3) is 0 Å². The van der Waals surface area contributed by atoms with Crippen molar-refractivity contribution in [3.63, 3.8) is 0 Å². The molecule has 1 aliphatic heterocycles. The average molecular weight is 317 g/mol. The molecule has 0 atom stereocenters. The van der Waals surface area contributed by atoms with Crippen LogP contribution < -0.4 is 10.1 Å². The minimum atomic E-state index is -1.09. The molecule has 0 aromatic heterocycles. The number of rotatable bonds is 4. The van der Waals surface area contributed by atoms with Crippen LogP contribution in [0.3, 0.4) is 0 Å². The van der Waals surface area contributed by atoms with Gasteiger partial charge in [-0.3, -0.25) is 4.79 Å². The van der Waals surface area contributed by atoms with Gasteiger partial charge in [-0.25, -0.2) is 4.79 Å². The molecule has 0 saturated heterocycles. The minimum absolute atomic E-state index is 0.206. The summed E-state index contributed by atoms with van der Waals surface area (Å²) < 4.78 is 5.46. The lowest BCUT2D eigenvalue weighted by atomic mass is 9.77. The first-order chi connectivity index (χ1) is 11.0. The SMILES string of the molecule is CC1CCC(NC(=O)Cc2ccc3c(c2)CCO3)(C(=O)O)CC1. The molecule has 1 aromatic rings. The monoisotopic (exact) mass is 317 g/mol. The molecule has 0 bridgehead atoms. The molecule has 124 valence electrons. The minimum Gasteiger partial charge on any atom is -0.493 e. The predicted molar refractivity (Wildman–Crippen MR) is 85.5 cm³/mol. The molecule has 2 aliphatic rings. The summed E-state index contributed by atoms with van der Waals surface area (Å²) in [5.74, 6) is 0.273. The van der Waals surface area contributed by atoms with Crippen molar-refractivity contribution in [2.45, 2.75) is 51.0 Å². The Labute approximate surface area is 136 Å². The molecule has 1 heterocycles. The number of benzene rings is 1. The lowest BCUT2D eigenvalue weighted by Gasteiger charge is -2.36. The summed E-state index contributed by atoms with van der Waals surface area (Å²) in [6.45, 7) is 2.81. The number of amides is 1. The second kappa shape index (κ2) is 6.22. The van der Waals surface area contributed by atoms with E-state index in [1.54, 1.807) is 0 Å². The van der Waals surface area contributed by atoms with Gasteiger partial charge in [0.1, 0.15) is 11.3 Å². The van der Waals surface area contributed by atoms with Crippen LogP contribution in [-0.2, 0) is 22.4 Å². The fourth-order valence-electron chi connectivity index (χ4n) is 3.49. The Morgan fingerprint density at radius 3 is 2.78 bits per heavy atom. The molecule has 5 heteroatoms. The quantitative estimate of drug-likeness (QED) is 0.893. The summed E-state index contributed by atoms with van der Waals surface area (Å²) >= 11 is 0. The fraction of sp³-hybridized carbons (Fsp3) is 0.556. The molecule has 1 amide bonds. The number of carbonyl (C=O) groups excluding carboxylic acids is 1. The molecule has 0 unspecified atom stereocenters. The van der Waals surface area contributed by atoms with Crippen LogP contribution >= 0.6 is 0 Å². The second-order valence-electron chi connectivity index (χ2n) is 6.84. The molecule has 0 spiro atoms. The second-order valence-corrected chi connectivity index (χ2v) is 6.84. The van der Waals surface area contributed by atoms with Crippen molar-refractivity contribution in [3.05, 3.63) is 29.3 Å². The van der Waals surface area contributed by atoms with E-state index in [1.807, 2.05) is 18.2 Å². The van der Waals surface area contributed by atoms with Crippen molar-refractivity contribution in [2.75, 3.05) is 6.61 Å². The zero-order chi connectivity index (χ0) is 16.4. The van der Waals surface area contributed by atoms with Crippen LogP contribution in [0, 0.1) is 5.92 Å². The van der Waals surface area contributed by atoms with Crippen LogP contribution in [0.5, 0.6) is 5.75 Å². The molecule has 5 nitrogen and oxygen atoms in total. The molecule has 0 radical (unpaired) electrons. The maximum absolute atomic E-state index is 12.4. The third-order valence-corrected chi connectivity index (χ3v) is 5.03. The Morgan fingerprint density at radius 1 is 1.35 bits per heavy atom. The van der Waals surface area contributed by atoms with Crippen LogP contribution in [0.25, 0.3) is 0 Å². The van der Waals surface area contributed by atoms with Gasteiger partial charge in [0, 0.05) is 6.42 Å². The Bertz CT molecular complexity index is 617. The van der Waals surface area contributed by atoms with Gasteiger partial charge in [-0.15, -0.1) is 0 Å². The number of ether oxygens (including phenoxy) is 1. The lowest BCUT2D eigenvalue weighted by Crippen LogP contribution is -2.56. The Kier molecular flexibility index (Phi) is 4.28. The highest BCUT2D eigenvalue weighted by atomic mass is 16.5. The first-order valence-electron chi connectivity index (χ1n) is 8.27. The summed E-state index contributed by atoms with van der Waals surface area (Å²) in [7, 11) is 0. The average Bonchev–Trinajstić information content (AvgIpc) is 2.97. The van der Waals surface area contributed by atoms with E-state index in [1.165, 1.54) is 0 Å². The highest BCUT2D eigenvalue weighted by Crippen LogP contribution is 2.32. The number of carbonyl (C=O) groups is 2. The van der Waals surface area contributed by atoms with Crippen LogP contribution in [0.2, 0.25) is 0 Å². The third kappa shape index (κ3) is 3.33. The Balaban J connectivity index is 1.67. The summed E-state index contributed by atoms with van der Waals surface area (Å²) in [5.41, 5.74) is 0.926. The van der Waals surface area contributed by atoms with Crippen molar-refractivity contribution < 1.29 is 19.4 Å². The number of hydrogen-bond acceptors (Lipinski definition) is 3. The van der Waals surface area contributed by atoms with Gasteiger partial charge in [0.05, 0.1) is 13.0 Å². The van der Waals surface area contributed by atoms with E-state index in [0.29, 0.717) is 25.4 Å². The number of carboxylic acids is 1. The summed E-state index contributed by atoms with van der Waals surface area (Å²) in [4.78, 5) is 24.1. The van der Waals surface area contributed by atoms with Crippen LogP contribution in [0.15, 0.2) is 18.2 Å². The van der Waals surface area contributed by atoms with Gasteiger partial charge in [-0.1, -0.05) is 19.1 Å². The Hall–Kier alpha value is -2.04. The van der Waals surface area contributed by atoms with Crippen molar-refractivity contribution in [3.8, 4) is 5.75 Å². The molecule has 1 fully saturated rings. The van der Waals surface area contributed by atoms with Crippen molar-refractivity contribution in [1.82, 2.24) is 5.32 Å². The van der Waals surface area contributed by atoms with Gasteiger partial charge in [-0.2, -0.15) is 0 Å². The van der Waals surface area contributed by atoms with E-state index in [4.69, 9.17) is 4.74 Å². The molecule has 1 aromatic carbocycles. The molecule has 23 heavy (non-hydrogen) atoms. The van der Waals surface area contributed by atoms with Gasteiger partial charge >= 0.3 is 5.97 Å². The molecule has 1 aliphatic carbocycles. The Morgan fingerprint density at radius 2 is 2.09 bits per heavy atom. The van der Waals surface area contributed by atoms with Crippen molar-refractivity contribution in [2.24, 2.45) is 5.92 Å². The van der Waals surface area contributed by atoms with Gasteiger partial charge in [0.15, 0.2) is 0 Å². The molecular formula is C18H23NO4. The maximum Gasteiger partial charge on any atom is 0.329 e. The summed E-state index contributed by atoms with van der Waals surface area (Å²) in [6, 6.07) is 5.75. The standard InChI is InChI=1S/C18H23NO4/c1-12-4-7-18(8-5-12,17(21)22)19-16(20)11-13-2-3-15-14(10-13)6-9-23-15/h2-3,10,12H,4-9,11H2,1H3,(H,19,20)(H,21,22). The third-order valence-electron chi connectivity index (χ3n) is 5.03. The van der Waals surface area contributed by atoms with Gasteiger partial charge in [-0.05, 0) is 48.8 Å². The topological polar surface area (TPSA) is 75.6 Å². The smallest absolute Gasteiger partial charge is 0.329 e.